The first-order valence-electron chi connectivity index (χ1n) is 5.25. The highest BCUT2D eigenvalue weighted by Gasteiger charge is 2.11. The average molecular weight is 243 g/mol. The Morgan fingerprint density at radius 1 is 1.06 bits per heavy atom. The van der Waals surface area contributed by atoms with Crippen molar-refractivity contribution in [1.29, 1.82) is 0 Å². The maximum Gasteiger partial charge on any atom is 0.195 e. The number of rotatable bonds is 3. The van der Waals surface area contributed by atoms with Crippen molar-refractivity contribution < 1.29 is 4.79 Å². The summed E-state index contributed by atoms with van der Waals surface area (Å²) in [5, 5.41) is 0. The van der Waals surface area contributed by atoms with E-state index in [1.54, 1.807) is 23.9 Å². The molecule has 0 aliphatic rings. The number of benzene rings is 2. The van der Waals surface area contributed by atoms with Gasteiger partial charge in [-0.1, -0.05) is 12.1 Å². The van der Waals surface area contributed by atoms with E-state index in [4.69, 9.17) is 5.73 Å². The van der Waals surface area contributed by atoms with Gasteiger partial charge in [0.05, 0.1) is 0 Å². The molecule has 0 saturated carbocycles. The number of nitrogen functional groups attached to an aromatic ring is 1. The smallest absolute Gasteiger partial charge is 0.195 e. The molecule has 2 N–H and O–H groups in total. The maximum atomic E-state index is 12.2. The van der Waals surface area contributed by atoms with Crippen LogP contribution in [0.4, 0.5) is 5.69 Å². The number of anilines is 1. The molecule has 2 nitrogen and oxygen atoms in total. The summed E-state index contributed by atoms with van der Waals surface area (Å²) in [6.07, 6.45) is 2.01. The molecule has 0 radical (unpaired) electrons. The lowest BCUT2D eigenvalue weighted by molar-refractivity contribution is 0.103. The van der Waals surface area contributed by atoms with Crippen molar-refractivity contribution in [3.8, 4) is 0 Å². The molecule has 2 aromatic carbocycles. The van der Waals surface area contributed by atoms with Crippen LogP contribution in [0.1, 0.15) is 15.9 Å². The minimum absolute atomic E-state index is 0.0317. The van der Waals surface area contributed by atoms with Crippen LogP contribution in [0.3, 0.4) is 0 Å². The molecule has 0 bridgehead atoms. The maximum absolute atomic E-state index is 12.2. The molecule has 0 aromatic heterocycles. The summed E-state index contributed by atoms with van der Waals surface area (Å²) < 4.78 is 0. The number of hydrogen-bond donors (Lipinski definition) is 1. The van der Waals surface area contributed by atoms with Gasteiger partial charge in [0.15, 0.2) is 5.78 Å². The first-order valence-corrected chi connectivity index (χ1v) is 6.48. The van der Waals surface area contributed by atoms with Crippen LogP contribution in [0.5, 0.6) is 0 Å². The highest BCUT2D eigenvalue weighted by atomic mass is 32.2. The van der Waals surface area contributed by atoms with E-state index in [1.165, 1.54) is 0 Å². The van der Waals surface area contributed by atoms with Gasteiger partial charge in [0.25, 0.3) is 0 Å². The van der Waals surface area contributed by atoms with Crippen LogP contribution in [0.2, 0.25) is 0 Å². The van der Waals surface area contributed by atoms with E-state index in [2.05, 4.69) is 0 Å². The number of nitrogens with two attached hydrogens (primary N) is 1. The molecule has 0 saturated heterocycles. The molecule has 17 heavy (non-hydrogen) atoms. The van der Waals surface area contributed by atoms with Crippen LogP contribution in [0, 0.1) is 0 Å². The molecule has 2 aromatic rings. The van der Waals surface area contributed by atoms with Crippen molar-refractivity contribution in [2.45, 2.75) is 4.90 Å². The van der Waals surface area contributed by atoms with Gasteiger partial charge < -0.3 is 5.73 Å². The molecule has 0 atom stereocenters. The van der Waals surface area contributed by atoms with Crippen LogP contribution in [-0.4, -0.2) is 12.0 Å². The molecule has 0 unspecified atom stereocenters. The molecule has 0 aliphatic carbocycles. The number of para-hydroxylation sites is 1. The fraction of sp³-hybridized carbons (Fsp3) is 0.0714. The number of hydrogen-bond acceptors (Lipinski definition) is 3. The zero-order valence-electron chi connectivity index (χ0n) is 9.51. The lowest BCUT2D eigenvalue weighted by atomic mass is 10.0. The van der Waals surface area contributed by atoms with E-state index >= 15 is 0 Å². The van der Waals surface area contributed by atoms with E-state index in [-0.39, 0.29) is 5.78 Å². The van der Waals surface area contributed by atoms with E-state index in [9.17, 15) is 4.79 Å². The van der Waals surface area contributed by atoms with Gasteiger partial charge in [-0.2, -0.15) is 0 Å². The third-order valence-electron chi connectivity index (χ3n) is 2.56. The zero-order valence-corrected chi connectivity index (χ0v) is 10.3. The standard InChI is InChI=1S/C14H13NOS/c1-17-11-8-6-10(7-9-11)14(16)12-4-2-3-5-13(12)15/h2-9H,15H2,1H3. The molecule has 3 heteroatoms. The van der Waals surface area contributed by atoms with Crippen molar-refractivity contribution in [1.82, 2.24) is 0 Å². The van der Waals surface area contributed by atoms with E-state index < -0.39 is 0 Å². The van der Waals surface area contributed by atoms with Gasteiger partial charge in [-0.15, -0.1) is 11.8 Å². The molecule has 0 aliphatic heterocycles. The van der Waals surface area contributed by atoms with Crippen LogP contribution < -0.4 is 5.73 Å². The van der Waals surface area contributed by atoms with Gasteiger partial charge in [0.1, 0.15) is 0 Å². The summed E-state index contributed by atoms with van der Waals surface area (Å²) in [5.41, 5.74) is 7.54. The first-order chi connectivity index (χ1) is 8.22. The quantitative estimate of drug-likeness (QED) is 0.511. The summed E-state index contributed by atoms with van der Waals surface area (Å²) in [5.74, 6) is -0.0317. The molecule has 0 amide bonds. The molecule has 0 fully saturated rings. The predicted octanol–water partition coefficient (Wildman–Crippen LogP) is 3.22. The number of carbonyl (C=O) groups is 1. The second kappa shape index (κ2) is 5.06. The Balaban J connectivity index is 2.34. The van der Waals surface area contributed by atoms with Crippen molar-refractivity contribution >= 4 is 23.2 Å². The lowest BCUT2D eigenvalue weighted by Gasteiger charge is -2.05. The second-order valence-electron chi connectivity index (χ2n) is 3.64. The minimum atomic E-state index is -0.0317. The minimum Gasteiger partial charge on any atom is -0.398 e. The summed E-state index contributed by atoms with van der Waals surface area (Å²) in [7, 11) is 0. The SMILES string of the molecule is CSc1ccc(C(=O)c2ccccc2N)cc1. The van der Waals surface area contributed by atoms with Crippen molar-refractivity contribution in [3.63, 3.8) is 0 Å². The third-order valence-corrected chi connectivity index (χ3v) is 3.30. The van der Waals surface area contributed by atoms with Gasteiger partial charge in [-0.25, -0.2) is 0 Å². The van der Waals surface area contributed by atoms with Gasteiger partial charge >= 0.3 is 0 Å². The summed E-state index contributed by atoms with van der Waals surface area (Å²) in [6.45, 7) is 0. The molecule has 2 rings (SSSR count). The van der Waals surface area contributed by atoms with Crippen LogP contribution in [0.15, 0.2) is 53.4 Å². The molecule has 0 spiro atoms. The molecular weight excluding hydrogens is 230 g/mol. The average Bonchev–Trinajstić information content (AvgIpc) is 2.39. The summed E-state index contributed by atoms with van der Waals surface area (Å²) in [6, 6.07) is 14.7. The zero-order chi connectivity index (χ0) is 12.3. The molecule has 86 valence electrons. The Labute approximate surface area is 105 Å². The normalized spacial score (nSPS) is 10.2. The summed E-state index contributed by atoms with van der Waals surface area (Å²) in [4.78, 5) is 13.3. The van der Waals surface area contributed by atoms with Crippen molar-refractivity contribution in [2.24, 2.45) is 0 Å². The first kappa shape index (κ1) is 11.7. The Morgan fingerprint density at radius 3 is 2.29 bits per heavy atom. The fourth-order valence-electron chi connectivity index (χ4n) is 1.60. The van der Waals surface area contributed by atoms with Gasteiger partial charge in [0, 0.05) is 21.7 Å². The highest BCUT2D eigenvalue weighted by molar-refractivity contribution is 7.98. The number of ketones is 1. The number of thioether (sulfide) groups is 1. The van der Waals surface area contributed by atoms with Crippen molar-refractivity contribution in [3.05, 3.63) is 59.7 Å². The number of carbonyl (C=O) groups excluding carboxylic acids is 1. The van der Waals surface area contributed by atoms with E-state index in [1.807, 2.05) is 42.7 Å². The molecule has 0 heterocycles. The lowest BCUT2D eigenvalue weighted by Crippen LogP contribution is -2.04. The van der Waals surface area contributed by atoms with Gasteiger partial charge in [-0.3, -0.25) is 4.79 Å². The third kappa shape index (κ3) is 2.50. The van der Waals surface area contributed by atoms with E-state index in [0.717, 1.165) is 4.90 Å². The monoisotopic (exact) mass is 243 g/mol. The Morgan fingerprint density at radius 2 is 1.71 bits per heavy atom. The predicted molar refractivity (Wildman–Crippen MR) is 72.5 cm³/mol. The van der Waals surface area contributed by atoms with Crippen LogP contribution in [-0.2, 0) is 0 Å². The highest BCUT2D eigenvalue weighted by Crippen LogP contribution is 2.19. The van der Waals surface area contributed by atoms with E-state index in [0.29, 0.717) is 16.8 Å². The largest absolute Gasteiger partial charge is 0.398 e. The summed E-state index contributed by atoms with van der Waals surface area (Å²) >= 11 is 1.65. The van der Waals surface area contributed by atoms with Crippen LogP contribution >= 0.6 is 11.8 Å². The topological polar surface area (TPSA) is 43.1 Å². The molecular formula is C14H13NOS. The van der Waals surface area contributed by atoms with Gasteiger partial charge in [-0.05, 0) is 42.7 Å². The second-order valence-corrected chi connectivity index (χ2v) is 4.52. The fourth-order valence-corrected chi connectivity index (χ4v) is 2.01. The van der Waals surface area contributed by atoms with Crippen molar-refractivity contribution in [2.75, 3.05) is 12.0 Å². The Bertz CT molecular complexity index is 534. The Kier molecular flexibility index (Phi) is 3.49. The van der Waals surface area contributed by atoms with Gasteiger partial charge in [0.2, 0.25) is 0 Å². The Hall–Kier alpha value is -1.74. The van der Waals surface area contributed by atoms with Crippen LogP contribution in [0.25, 0.3) is 0 Å².